The Balaban J connectivity index is 0.000000640. The van der Waals surface area contributed by atoms with Crippen LogP contribution in [0.25, 0.3) is 11.3 Å². The zero-order valence-corrected chi connectivity index (χ0v) is 16.5. The molecule has 28 heavy (non-hydrogen) atoms. The number of carbonyl (C=O) groups excluding carboxylic acids is 1. The Morgan fingerprint density at radius 1 is 1.18 bits per heavy atom. The van der Waals surface area contributed by atoms with Gasteiger partial charge in [0.15, 0.2) is 0 Å². The molecule has 4 N–H and O–H groups in total. The lowest BCUT2D eigenvalue weighted by Crippen LogP contribution is -2.18. The largest absolute Gasteiger partial charge is 0.489 e. The summed E-state index contributed by atoms with van der Waals surface area (Å²) in [5.41, 5.74) is 7.00. The number of halogens is 1. The molecule has 1 heterocycles. The number of pyridine rings is 1. The number of nitrogens with two attached hydrogens (primary N) is 1. The molecule has 1 amide bonds. The molecule has 0 aliphatic rings. The van der Waals surface area contributed by atoms with Crippen LogP contribution in [0.2, 0.25) is 5.02 Å². The molecule has 2 aromatic carbocycles. The Morgan fingerprint density at radius 3 is 2.61 bits per heavy atom. The van der Waals surface area contributed by atoms with Crippen LogP contribution in [0.15, 0.2) is 60.8 Å². The third-order valence-electron chi connectivity index (χ3n) is 3.98. The second kappa shape index (κ2) is 10.9. The van der Waals surface area contributed by atoms with Gasteiger partial charge in [-0.05, 0) is 36.8 Å². The molecule has 0 spiro atoms. The molecular formula is C21H23ClN4O2. The Morgan fingerprint density at radius 2 is 1.93 bits per heavy atom. The van der Waals surface area contributed by atoms with Crippen molar-refractivity contribution in [2.45, 2.75) is 13.5 Å². The second-order valence-electron chi connectivity index (χ2n) is 5.81. The highest BCUT2D eigenvalue weighted by Gasteiger charge is 2.07. The van der Waals surface area contributed by atoms with E-state index in [2.05, 4.69) is 35.2 Å². The van der Waals surface area contributed by atoms with Gasteiger partial charge in [0, 0.05) is 41.1 Å². The minimum atomic E-state index is 0.403. The van der Waals surface area contributed by atoms with E-state index in [0.717, 1.165) is 28.3 Å². The average Bonchev–Trinajstić information content (AvgIpc) is 2.73. The summed E-state index contributed by atoms with van der Waals surface area (Å²) in [7, 11) is 1.92. The van der Waals surface area contributed by atoms with E-state index in [9.17, 15) is 0 Å². The maximum absolute atomic E-state index is 8.94. The fourth-order valence-corrected chi connectivity index (χ4v) is 2.78. The molecule has 0 aliphatic heterocycles. The van der Waals surface area contributed by atoms with Gasteiger partial charge in [-0.15, -0.1) is 0 Å². The van der Waals surface area contributed by atoms with E-state index in [0.29, 0.717) is 18.0 Å². The number of benzene rings is 2. The summed E-state index contributed by atoms with van der Waals surface area (Å²) in [6.45, 7) is 2.59. The van der Waals surface area contributed by atoms with E-state index >= 15 is 0 Å². The SMILES string of the molecule is CNc1cccc(C)c1COc1ccnc(-c2cccc(Cl)c2)c1.NNC=O. The normalized spacial score (nSPS) is 9.71. The van der Waals surface area contributed by atoms with Crippen LogP contribution in [-0.2, 0) is 11.4 Å². The van der Waals surface area contributed by atoms with Crippen LogP contribution in [0, 0.1) is 6.92 Å². The molecule has 3 aromatic rings. The standard InChI is InChI=1S/C20H19ClN2O.CH4N2O/c1-14-5-3-8-19(22-2)18(14)13-24-17-9-10-23-20(12-17)15-6-4-7-16(21)11-15;2-3-1-4/h3-12,22H,13H2,1-2H3;1H,2H2,(H,3,4). The molecule has 0 saturated heterocycles. The number of anilines is 1. The Hall–Kier alpha value is -3.09. The van der Waals surface area contributed by atoms with Crippen molar-refractivity contribution in [3.8, 4) is 17.0 Å². The minimum absolute atomic E-state index is 0.403. The van der Waals surface area contributed by atoms with Crippen LogP contribution in [0.3, 0.4) is 0 Å². The van der Waals surface area contributed by atoms with Gasteiger partial charge < -0.3 is 10.1 Å². The first-order valence-corrected chi connectivity index (χ1v) is 8.97. The summed E-state index contributed by atoms with van der Waals surface area (Å²) in [6.07, 6.45) is 2.16. The number of amides is 1. The van der Waals surface area contributed by atoms with E-state index in [4.69, 9.17) is 21.1 Å². The minimum Gasteiger partial charge on any atom is -0.489 e. The van der Waals surface area contributed by atoms with Crippen LogP contribution in [0.5, 0.6) is 5.75 Å². The summed E-state index contributed by atoms with van der Waals surface area (Å²) in [4.78, 5) is 13.3. The molecule has 1 aromatic heterocycles. The molecule has 3 rings (SSSR count). The van der Waals surface area contributed by atoms with E-state index < -0.39 is 0 Å². The number of hydrogen-bond acceptors (Lipinski definition) is 5. The van der Waals surface area contributed by atoms with Gasteiger partial charge in [0.05, 0.1) is 5.69 Å². The van der Waals surface area contributed by atoms with Crippen LogP contribution in [0.4, 0.5) is 5.69 Å². The van der Waals surface area contributed by atoms with E-state index in [1.807, 2.05) is 49.5 Å². The first-order valence-electron chi connectivity index (χ1n) is 8.59. The Bertz CT molecular complexity index is 918. The number of rotatable bonds is 6. The van der Waals surface area contributed by atoms with Crippen molar-refractivity contribution in [2.75, 3.05) is 12.4 Å². The third kappa shape index (κ3) is 5.97. The Labute approximate surface area is 169 Å². The van der Waals surface area contributed by atoms with Gasteiger partial charge in [-0.2, -0.15) is 0 Å². The summed E-state index contributed by atoms with van der Waals surface area (Å²) in [6, 6.07) is 17.6. The molecule has 0 radical (unpaired) electrons. The molecule has 0 aliphatic carbocycles. The highest BCUT2D eigenvalue weighted by Crippen LogP contribution is 2.26. The molecule has 0 unspecified atom stereocenters. The van der Waals surface area contributed by atoms with Crippen molar-refractivity contribution >= 4 is 23.7 Å². The number of ether oxygens (including phenoxy) is 1. The molecule has 6 nitrogen and oxygen atoms in total. The smallest absolute Gasteiger partial charge is 0.221 e. The highest BCUT2D eigenvalue weighted by atomic mass is 35.5. The second-order valence-corrected chi connectivity index (χ2v) is 6.25. The number of hydrogen-bond donors (Lipinski definition) is 3. The number of hydrazine groups is 1. The van der Waals surface area contributed by atoms with Crippen molar-refractivity contribution in [1.29, 1.82) is 0 Å². The van der Waals surface area contributed by atoms with Crippen molar-refractivity contribution < 1.29 is 9.53 Å². The van der Waals surface area contributed by atoms with E-state index in [-0.39, 0.29) is 0 Å². The van der Waals surface area contributed by atoms with Crippen LogP contribution in [-0.4, -0.2) is 18.4 Å². The average molecular weight is 399 g/mol. The van der Waals surface area contributed by atoms with Crippen LogP contribution >= 0.6 is 11.6 Å². The maximum Gasteiger partial charge on any atom is 0.221 e. The molecule has 0 fully saturated rings. The fourth-order valence-electron chi connectivity index (χ4n) is 2.59. The number of aromatic nitrogens is 1. The van der Waals surface area contributed by atoms with Gasteiger partial charge in [0.2, 0.25) is 6.41 Å². The van der Waals surface area contributed by atoms with Crippen LogP contribution in [0.1, 0.15) is 11.1 Å². The Kier molecular flexibility index (Phi) is 8.27. The zero-order valence-electron chi connectivity index (χ0n) is 15.8. The van der Waals surface area contributed by atoms with Crippen molar-refractivity contribution in [2.24, 2.45) is 5.84 Å². The summed E-state index contributed by atoms with van der Waals surface area (Å²) in [5.74, 6) is 5.19. The summed E-state index contributed by atoms with van der Waals surface area (Å²) in [5, 5.41) is 3.90. The predicted octanol–water partition coefficient (Wildman–Crippen LogP) is 3.94. The van der Waals surface area contributed by atoms with Crippen molar-refractivity contribution in [3.05, 3.63) is 76.9 Å². The molecule has 0 atom stereocenters. The third-order valence-corrected chi connectivity index (χ3v) is 4.22. The summed E-state index contributed by atoms with van der Waals surface area (Å²) >= 11 is 6.06. The quantitative estimate of drug-likeness (QED) is 0.253. The predicted molar refractivity (Wildman–Crippen MR) is 113 cm³/mol. The lowest BCUT2D eigenvalue weighted by Gasteiger charge is -2.14. The van der Waals surface area contributed by atoms with Gasteiger partial charge in [0.25, 0.3) is 0 Å². The monoisotopic (exact) mass is 398 g/mol. The van der Waals surface area contributed by atoms with E-state index in [1.165, 1.54) is 5.56 Å². The maximum atomic E-state index is 8.94. The van der Waals surface area contributed by atoms with Crippen molar-refractivity contribution in [1.82, 2.24) is 10.4 Å². The number of carbonyl (C=O) groups is 1. The van der Waals surface area contributed by atoms with Gasteiger partial charge in [-0.25, -0.2) is 5.84 Å². The van der Waals surface area contributed by atoms with Gasteiger partial charge >= 0.3 is 0 Å². The van der Waals surface area contributed by atoms with Crippen LogP contribution < -0.4 is 21.3 Å². The number of aryl methyl sites for hydroxylation is 1. The van der Waals surface area contributed by atoms with Crippen molar-refractivity contribution in [3.63, 3.8) is 0 Å². The first kappa shape index (κ1) is 21.2. The fraction of sp³-hybridized carbons (Fsp3) is 0.143. The molecular weight excluding hydrogens is 376 g/mol. The molecule has 0 saturated carbocycles. The summed E-state index contributed by atoms with van der Waals surface area (Å²) < 4.78 is 5.99. The molecule has 0 bridgehead atoms. The van der Waals surface area contributed by atoms with Gasteiger partial charge in [0.1, 0.15) is 12.4 Å². The zero-order chi connectivity index (χ0) is 20.4. The van der Waals surface area contributed by atoms with E-state index in [1.54, 1.807) is 11.6 Å². The number of nitrogens with one attached hydrogen (secondary N) is 2. The van der Waals surface area contributed by atoms with Gasteiger partial charge in [-0.3, -0.25) is 15.2 Å². The topological polar surface area (TPSA) is 89.3 Å². The highest BCUT2D eigenvalue weighted by molar-refractivity contribution is 6.30. The molecule has 7 heteroatoms. The number of nitrogens with zero attached hydrogens (tertiary/aromatic N) is 1. The first-order chi connectivity index (χ1) is 13.6. The lowest BCUT2D eigenvalue weighted by atomic mass is 10.1. The lowest BCUT2D eigenvalue weighted by molar-refractivity contribution is -0.109. The molecule has 146 valence electrons. The van der Waals surface area contributed by atoms with Gasteiger partial charge in [-0.1, -0.05) is 35.9 Å².